The number of hydrogen-bond acceptors (Lipinski definition) is 3. The van der Waals surface area contributed by atoms with Gasteiger partial charge in [0.2, 0.25) is 0 Å². The van der Waals surface area contributed by atoms with Crippen molar-refractivity contribution >= 4 is 11.0 Å². The van der Waals surface area contributed by atoms with Gasteiger partial charge in [0.25, 0.3) is 0 Å². The monoisotopic (exact) mass is 371 g/mol. The topological polar surface area (TPSA) is 70.3 Å². The van der Waals surface area contributed by atoms with E-state index >= 15 is 0 Å². The van der Waals surface area contributed by atoms with E-state index < -0.39 is 0 Å². The highest BCUT2D eigenvalue weighted by Crippen LogP contribution is 2.36. The molecule has 0 bridgehead atoms. The van der Waals surface area contributed by atoms with E-state index in [0.29, 0.717) is 5.69 Å². The fourth-order valence-corrected chi connectivity index (χ4v) is 4.15. The minimum absolute atomic E-state index is 0.163. The van der Waals surface area contributed by atoms with E-state index in [1.807, 2.05) is 25.1 Å². The van der Waals surface area contributed by atoms with E-state index in [2.05, 4.69) is 26.8 Å². The number of H-pyrrole nitrogens is 1. The van der Waals surface area contributed by atoms with E-state index in [1.54, 1.807) is 12.1 Å². The second-order valence-electron chi connectivity index (χ2n) is 7.30. The number of fused-ring (bicyclic) bond motifs is 2. The minimum Gasteiger partial charge on any atom is -0.352 e. The summed E-state index contributed by atoms with van der Waals surface area (Å²) in [4.78, 5) is 12.6. The zero-order chi connectivity index (χ0) is 19.3. The second kappa shape index (κ2) is 6.31. The lowest BCUT2D eigenvalue weighted by molar-refractivity contribution is 0.478. The van der Waals surface area contributed by atoms with Crippen LogP contribution in [0.5, 0.6) is 0 Å². The summed E-state index contributed by atoms with van der Waals surface area (Å²) in [5, 5.41) is 9.05. The molecule has 0 fully saturated rings. The van der Waals surface area contributed by atoms with Crippen LogP contribution in [0.25, 0.3) is 22.4 Å². The van der Waals surface area contributed by atoms with Crippen LogP contribution in [-0.2, 0) is 6.54 Å². The minimum atomic E-state index is -0.205. The Labute approximate surface area is 161 Å². The standard InChI is InChI=1S/C22H18FN5/c1-13-9-14(23)4-6-16(13)17-3-2-8-28-12-21(27-22(17)28)20-10-19-18(26-20)7-5-15(11-24)25-19/h4-7,9-10,12,17,26H,2-3,8H2,1H3. The zero-order valence-electron chi connectivity index (χ0n) is 15.4. The first-order valence-corrected chi connectivity index (χ1v) is 9.36. The number of hydrogen-bond donors (Lipinski definition) is 1. The van der Waals surface area contributed by atoms with Gasteiger partial charge in [-0.05, 0) is 61.2 Å². The fraction of sp³-hybridized carbons (Fsp3) is 0.227. The average molecular weight is 371 g/mol. The van der Waals surface area contributed by atoms with Crippen LogP contribution < -0.4 is 0 Å². The van der Waals surface area contributed by atoms with E-state index in [4.69, 9.17) is 10.2 Å². The molecule has 3 aromatic heterocycles. The number of nitrogens with zero attached hydrogens (tertiary/aromatic N) is 4. The van der Waals surface area contributed by atoms with Crippen molar-refractivity contribution in [3.05, 3.63) is 71.1 Å². The number of aromatic amines is 1. The molecule has 5 rings (SSSR count). The van der Waals surface area contributed by atoms with Crippen molar-refractivity contribution < 1.29 is 4.39 Å². The normalized spacial score (nSPS) is 16.1. The molecule has 0 saturated heterocycles. The Morgan fingerprint density at radius 2 is 2.11 bits per heavy atom. The molecule has 4 aromatic rings. The summed E-state index contributed by atoms with van der Waals surface area (Å²) in [6, 6.07) is 12.6. The molecule has 0 amide bonds. The number of aryl methyl sites for hydroxylation is 2. The third-order valence-corrected chi connectivity index (χ3v) is 5.48. The molecule has 1 aliphatic rings. The number of benzene rings is 1. The Bertz CT molecular complexity index is 1240. The predicted octanol–water partition coefficient (Wildman–Crippen LogP) is 4.67. The van der Waals surface area contributed by atoms with Gasteiger partial charge in [-0.3, -0.25) is 0 Å². The van der Waals surface area contributed by atoms with Gasteiger partial charge in [0.1, 0.15) is 29.1 Å². The number of nitrogens with one attached hydrogen (secondary N) is 1. The highest BCUT2D eigenvalue weighted by Gasteiger charge is 2.26. The van der Waals surface area contributed by atoms with Crippen molar-refractivity contribution in [3.8, 4) is 17.5 Å². The summed E-state index contributed by atoms with van der Waals surface area (Å²) in [5.41, 5.74) is 5.87. The van der Waals surface area contributed by atoms with Crippen LogP contribution in [0.1, 0.15) is 41.4 Å². The largest absolute Gasteiger partial charge is 0.352 e. The van der Waals surface area contributed by atoms with Gasteiger partial charge in [-0.25, -0.2) is 14.4 Å². The average Bonchev–Trinajstić information content (AvgIpc) is 3.31. The van der Waals surface area contributed by atoms with Gasteiger partial charge in [-0.2, -0.15) is 5.26 Å². The molecule has 1 aromatic carbocycles. The van der Waals surface area contributed by atoms with Gasteiger partial charge >= 0.3 is 0 Å². The molecule has 4 heterocycles. The van der Waals surface area contributed by atoms with Crippen molar-refractivity contribution in [1.29, 1.82) is 5.26 Å². The maximum atomic E-state index is 13.5. The van der Waals surface area contributed by atoms with Crippen LogP contribution in [0.2, 0.25) is 0 Å². The van der Waals surface area contributed by atoms with Crippen LogP contribution in [0.3, 0.4) is 0 Å². The smallest absolute Gasteiger partial charge is 0.141 e. The van der Waals surface area contributed by atoms with Crippen molar-refractivity contribution in [3.63, 3.8) is 0 Å². The predicted molar refractivity (Wildman–Crippen MR) is 104 cm³/mol. The van der Waals surface area contributed by atoms with E-state index in [-0.39, 0.29) is 11.7 Å². The molecular formula is C22H18FN5. The van der Waals surface area contributed by atoms with E-state index in [1.165, 1.54) is 6.07 Å². The zero-order valence-corrected chi connectivity index (χ0v) is 15.4. The van der Waals surface area contributed by atoms with Crippen LogP contribution in [-0.4, -0.2) is 19.5 Å². The molecular weight excluding hydrogens is 353 g/mol. The first-order chi connectivity index (χ1) is 13.6. The summed E-state index contributed by atoms with van der Waals surface area (Å²) < 4.78 is 15.7. The molecule has 28 heavy (non-hydrogen) atoms. The van der Waals surface area contributed by atoms with Gasteiger partial charge in [-0.1, -0.05) is 6.07 Å². The highest BCUT2D eigenvalue weighted by molar-refractivity contribution is 5.82. The van der Waals surface area contributed by atoms with Gasteiger partial charge < -0.3 is 9.55 Å². The SMILES string of the molecule is Cc1cc(F)ccc1C1CCCn2cc(-c3cc4nc(C#N)ccc4[nH]3)nc21. The number of rotatable bonds is 2. The summed E-state index contributed by atoms with van der Waals surface area (Å²) in [5.74, 6) is 0.972. The lowest BCUT2D eigenvalue weighted by Crippen LogP contribution is -2.17. The maximum Gasteiger partial charge on any atom is 0.141 e. The molecule has 6 heteroatoms. The maximum absolute atomic E-state index is 13.5. The first kappa shape index (κ1) is 16.7. The van der Waals surface area contributed by atoms with Crippen molar-refractivity contribution in [1.82, 2.24) is 19.5 Å². The van der Waals surface area contributed by atoms with Gasteiger partial charge in [0.15, 0.2) is 0 Å². The first-order valence-electron chi connectivity index (χ1n) is 9.36. The highest BCUT2D eigenvalue weighted by atomic mass is 19.1. The molecule has 0 radical (unpaired) electrons. The molecule has 0 spiro atoms. The Hall–Kier alpha value is -3.46. The lowest BCUT2D eigenvalue weighted by Gasteiger charge is -2.25. The van der Waals surface area contributed by atoms with Crippen molar-refractivity contribution in [2.45, 2.75) is 32.2 Å². The van der Waals surface area contributed by atoms with Crippen LogP contribution >= 0.6 is 0 Å². The Kier molecular flexibility index (Phi) is 3.76. The molecule has 5 nitrogen and oxygen atoms in total. The van der Waals surface area contributed by atoms with Crippen LogP contribution in [0.15, 0.2) is 42.6 Å². The molecule has 1 atom stereocenters. The van der Waals surface area contributed by atoms with Crippen molar-refractivity contribution in [2.24, 2.45) is 0 Å². The fourth-order valence-electron chi connectivity index (χ4n) is 4.15. The van der Waals surface area contributed by atoms with Crippen LogP contribution in [0.4, 0.5) is 4.39 Å². The number of imidazole rings is 1. The summed E-state index contributed by atoms with van der Waals surface area (Å²) >= 11 is 0. The lowest BCUT2D eigenvalue weighted by atomic mass is 9.88. The summed E-state index contributed by atoms with van der Waals surface area (Å²) in [6.45, 7) is 2.88. The van der Waals surface area contributed by atoms with Gasteiger partial charge in [0.05, 0.1) is 16.7 Å². The Balaban J connectivity index is 1.58. The molecule has 0 saturated carbocycles. The molecule has 138 valence electrons. The number of pyridine rings is 1. The van der Waals surface area contributed by atoms with E-state index in [9.17, 15) is 4.39 Å². The quantitative estimate of drug-likeness (QED) is 0.556. The number of halogens is 1. The Morgan fingerprint density at radius 1 is 1.21 bits per heavy atom. The third kappa shape index (κ3) is 2.67. The molecule has 0 aliphatic carbocycles. The van der Waals surface area contributed by atoms with Crippen molar-refractivity contribution in [2.75, 3.05) is 0 Å². The second-order valence-corrected chi connectivity index (χ2v) is 7.30. The van der Waals surface area contributed by atoms with E-state index in [0.717, 1.165) is 58.8 Å². The van der Waals surface area contributed by atoms with Crippen LogP contribution in [0, 0.1) is 24.1 Å². The molecule has 1 unspecified atom stereocenters. The van der Waals surface area contributed by atoms with Gasteiger partial charge in [0, 0.05) is 18.7 Å². The van der Waals surface area contributed by atoms with Gasteiger partial charge in [-0.15, -0.1) is 0 Å². The summed E-state index contributed by atoms with van der Waals surface area (Å²) in [7, 11) is 0. The summed E-state index contributed by atoms with van der Waals surface area (Å²) in [6.07, 6.45) is 4.13. The molecule has 1 aliphatic heterocycles. The number of nitriles is 1. The Morgan fingerprint density at radius 3 is 2.93 bits per heavy atom. The third-order valence-electron chi connectivity index (χ3n) is 5.48. The molecule has 1 N–H and O–H groups in total. The number of aromatic nitrogens is 4.